The molecule has 1 amide bonds. The monoisotopic (exact) mass is 238 g/mol. The summed E-state index contributed by atoms with van der Waals surface area (Å²) in [6.45, 7) is 3.49. The fraction of sp³-hybridized carbons (Fsp3) is 0.500. The van der Waals surface area contributed by atoms with Gasteiger partial charge in [-0.05, 0) is 30.5 Å². The van der Waals surface area contributed by atoms with Crippen LogP contribution in [0.3, 0.4) is 0 Å². The Balaban J connectivity index is 2.06. The topological polar surface area (TPSA) is 33.2 Å². The lowest BCUT2D eigenvalue weighted by Crippen LogP contribution is -2.39. The second kappa shape index (κ2) is 4.83. The Bertz CT molecular complexity index is 394. The highest BCUT2D eigenvalue weighted by Gasteiger charge is 2.24. The molecule has 1 aromatic heterocycles. The van der Waals surface area contributed by atoms with Crippen LogP contribution in [-0.2, 0) is 11.3 Å². The summed E-state index contributed by atoms with van der Waals surface area (Å²) >= 11 is 5.81. The van der Waals surface area contributed by atoms with E-state index in [9.17, 15) is 4.79 Å². The van der Waals surface area contributed by atoms with Crippen molar-refractivity contribution >= 4 is 17.5 Å². The van der Waals surface area contributed by atoms with Crippen LogP contribution in [0.4, 0.5) is 0 Å². The third kappa shape index (κ3) is 2.53. The van der Waals surface area contributed by atoms with Gasteiger partial charge in [-0.15, -0.1) is 0 Å². The van der Waals surface area contributed by atoms with Crippen molar-refractivity contribution in [1.29, 1.82) is 0 Å². The molecule has 1 fully saturated rings. The zero-order valence-electron chi connectivity index (χ0n) is 9.32. The zero-order valence-corrected chi connectivity index (χ0v) is 10.1. The summed E-state index contributed by atoms with van der Waals surface area (Å²) in [6.07, 6.45) is 3.77. The van der Waals surface area contributed by atoms with Crippen molar-refractivity contribution in [3.63, 3.8) is 0 Å². The number of hydrogen-bond donors (Lipinski definition) is 0. The minimum Gasteiger partial charge on any atom is -0.338 e. The molecule has 1 aliphatic rings. The fourth-order valence-electron chi connectivity index (χ4n) is 2.05. The number of pyridine rings is 1. The number of hydrogen-bond acceptors (Lipinski definition) is 2. The number of amides is 1. The first-order chi connectivity index (χ1) is 7.66. The van der Waals surface area contributed by atoms with Crippen LogP contribution in [0.15, 0.2) is 18.3 Å². The van der Waals surface area contributed by atoms with Gasteiger partial charge in [-0.3, -0.25) is 4.79 Å². The van der Waals surface area contributed by atoms with Crippen molar-refractivity contribution in [2.24, 2.45) is 5.92 Å². The number of piperidine rings is 1. The number of aromatic nitrogens is 1. The van der Waals surface area contributed by atoms with Crippen molar-refractivity contribution < 1.29 is 4.79 Å². The molecule has 1 saturated heterocycles. The van der Waals surface area contributed by atoms with Gasteiger partial charge in [0, 0.05) is 25.2 Å². The maximum absolute atomic E-state index is 11.9. The van der Waals surface area contributed by atoms with Crippen LogP contribution in [-0.4, -0.2) is 22.3 Å². The highest BCUT2D eigenvalue weighted by atomic mass is 35.5. The molecule has 86 valence electrons. The van der Waals surface area contributed by atoms with Crippen LogP contribution in [0.5, 0.6) is 0 Å². The molecular weight excluding hydrogens is 224 g/mol. The number of likely N-dealkylation sites (tertiary alicyclic amines) is 1. The Morgan fingerprint density at radius 2 is 2.44 bits per heavy atom. The van der Waals surface area contributed by atoms with Gasteiger partial charge in [-0.25, -0.2) is 4.98 Å². The Hall–Kier alpha value is -1.09. The molecule has 0 N–H and O–H groups in total. The third-order valence-corrected chi connectivity index (χ3v) is 3.17. The van der Waals surface area contributed by atoms with E-state index >= 15 is 0 Å². The highest BCUT2D eigenvalue weighted by Crippen LogP contribution is 2.19. The maximum atomic E-state index is 11.9. The normalized spacial score (nSPS) is 21.2. The average molecular weight is 239 g/mol. The molecule has 0 saturated carbocycles. The minimum atomic E-state index is 0.158. The molecule has 16 heavy (non-hydrogen) atoms. The largest absolute Gasteiger partial charge is 0.338 e. The molecular formula is C12H15ClN2O. The van der Waals surface area contributed by atoms with Crippen LogP contribution in [0.25, 0.3) is 0 Å². The lowest BCUT2D eigenvalue weighted by atomic mass is 9.99. The molecule has 4 heteroatoms. The maximum Gasteiger partial charge on any atom is 0.225 e. The highest BCUT2D eigenvalue weighted by molar-refractivity contribution is 6.29. The van der Waals surface area contributed by atoms with Crippen molar-refractivity contribution in [2.75, 3.05) is 6.54 Å². The smallest absolute Gasteiger partial charge is 0.225 e. The fourth-order valence-corrected chi connectivity index (χ4v) is 2.25. The number of halogens is 1. The van der Waals surface area contributed by atoms with Crippen LogP contribution >= 0.6 is 11.6 Å². The molecule has 0 bridgehead atoms. The van der Waals surface area contributed by atoms with E-state index < -0.39 is 0 Å². The van der Waals surface area contributed by atoms with Gasteiger partial charge in [0.2, 0.25) is 5.91 Å². The van der Waals surface area contributed by atoms with E-state index in [-0.39, 0.29) is 11.8 Å². The zero-order chi connectivity index (χ0) is 11.5. The predicted molar refractivity (Wildman–Crippen MR) is 63.1 cm³/mol. The van der Waals surface area contributed by atoms with Gasteiger partial charge in [0.25, 0.3) is 0 Å². The van der Waals surface area contributed by atoms with E-state index in [1.54, 1.807) is 6.20 Å². The first-order valence-corrected chi connectivity index (χ1v) is 5.94. The Kier molecular flexibility index (Phi) is 3.44. The average Bonchev–Trinajstić information content (AvgIpc) is 2.25. The van der Waals surface area contributed by atoms with Crippen molar-refractivity contribution in [2.45, 2.75) is 26.3 Å². The van der Waals surface area contributed by atoms with E-state index in [2.05, 4.69) is 4.98 Å². The van der Waals surface area contributed by atoms with Crippen LogP contribution in [0, 0.1) is 5.92 Å². The molecule has 1 aliphatic heterocycles. The van der Waals surface area contributed by atoms with Gasteiger partial charge in [-0.2, -0.15) is 0 Å². The van der Waals surface area contributed by atoms with E-state index in [4.69, 9.17) is 11.6 Å². The van der Waals surface area contributed by atoms with Gasteiger partial charge in [0.05, 0.1) is 0 Å². The molecule has 0 aromatic carbocycles. The van der Waals surface area contributed by atoms with Gasteiger partial charge in [0.1, 0.15) is 5.15 Å². The molecule has 2 heterocycles. The predicted octanol–water partition coefficient (Wildman–Crippen LogP) is 2.49. The van der Waals surface area contributed by atoms with Crippen LogP contribution < -0.4 is 0 Å². The van der Waals surface area contributed by atoms with E-state index in [1.165, 1.54) is 0 Å². The summed E-state index contributed by atoms with van der Waals surface area (Å²) in [4.78, 5) is 17.7. The Labute approximate surface area is 100 Å². The van der Waals surface area contributed by atoms with E-state index in [1.807, 2.05) is 24.0 Å². The molecule has 1 unspecified atom stereocenters. The lowest BCUT2D eigenvalue weighted by Gasteiger charge is -2.30. The third-order valence-electron chi connectivity index (χ3n) is 2.96. The molecule has 2 rings (SSSR count). The molecule has 0 radical (unpaired) electrons. The minimum absolute atomic E-state index is 0.158. The SMILES string of the molecule is CC1CCCN(Cc2ccnc(Cl)c2)C1=O. The van der Waals surface area contributed by atoms with Gasteiger partial charge >= 0.3 is 0 Å². The first-order valence-electron chi connectivity index (χ1n) is 5.56. The quantitative estimate of drug-likeness (QED) is 0.742. The lowest BCUT2D eigenvalue weighted by molar-refractivity contribution is -0.138. The van der Waals surface area contributed by atoms with E-state index in [0.717, 1.165) is 24.9 Å². The van der Waals surface area contributed by atoms with Gasteiger partial charge < -0.3 is 4.90 Å². The number of rotatable bonds is 2. The Morgan fingerprint density at radius 1 is 1.62 bits per heavy atom. The first kappa shape index (κ1) is 11.4. The number of nitrogens with zero attached hydrogens (tertiary/aromatic N) is 2. The summed E-state index contributed by atoms with van der Waals surface area (Å²) in [5.74, 6) is 0.408. The molecule has 0 spiro atoms. The summed E-state index contributed by atoms with van der Waals surface area (Å²) in [7, 11) is 0. The molecule has 0 aliphatic carbocycles. The summed E-state index contributed by atoms with van der Waals surface area (Å²) in [6, 6.07) is 3.71. The number of carbonyl (C=O) groups is 1. The second-order valence-electron chi connectivity index (χ2n) is 4.29. The van der Waals surface area contributed by atoms with E-state index in [0.29, 0.717) is 11.7 Å². The Morgan fingerprint density at radius 3 is 3.19 bits per heavy atom. The van der Waals surface area contributed by atoms with Crippen molar-refractivity contribution in [3.8, 4) is 0 Å². The molecule has 3 nitrogen and oxygen atoms in total. The summed E-state index contributed by atoms with van der Waals surface area (Å²) in [5, 5.41) is 0.481. The van der Waals surface area contributed by atoms with Gasteiger partial charge in [0.15, 0.2) is 0 Å². The van der Waals surface area contributed by atoms with Crippen LogP contribution in [0.1, 0.15) is 25.3 Å². The van der Waals surface area contributed by atoms with Crippen LogP contribution in [0.2, 0.25) is 5.15 Å². The second-order valence-corrected chi connectivity index (χ2v) is 4.68. The summed E-state index contributed by atoms with van der Waals surface area (Å²) < 4.78 is 0. The standard InChI is InChI=1S/C12H15ClN2O/c1-9-3-2-6-15(12(9)16)8-10-4-5-14-11(13)7-10/h4-5,7,9H,2-3,6,8H2,1H3. The molecule has 1 atom stereocenters. The van der Waals surface area contributed by atoms with Gasteiger partial charge in [-0.1, -0.05) is 18.5 Å². The molecule has 1 aromatic rings. The van der Waals surface area contributed by atoms with Crippen molar-refractivity contribution in [1.82, 2.24) is 9.88 Å². The number of carbonyl (C=O) groups excluding carboxylic acids is 1. The van der Waals surface area contributed by atoms with Crippen molar-refractivity contribution in [3.05, 3.63) is 29.0 Å². The summed E-state index contributed by atoms with van der Waals surface area (Å²) in [5.41, 5.74) is 1.04.